The molecule has 0 aromatic carbocycles. The number of ether oxygens (including phenoxy) is 1. The average Bonchev–Trinajstić information content (AvgIpc) is 3.66. The van der Waals surface area contributed by atoms with Crippen molar-refractivity contribution in [3.63, 3.8) is 0 Å². The molecule has 10 atom stereocenters. The first-order valence-electron chi connectivity index (χ1n) is 17.2. The Morgan fingerprint density at radius 3 is 2.63 bits per heavy atom. The van der Waals surface area contributed by atoms with E-state index in [0.717, 1.165) is 95.9 Å². The molecule has 1 aliphatic heterocycles. The number of aliphatic carboxylic acids is 1. The fraction of sp³-hybridized carbons (Fsp3) is 0.886. The highest BCUT2D eigenvalue weighted by Gasteiger charge is 2.86. The van der Waals surface area contributed by atoms with Crippen LogP contribution in [-0.2, 0) is 14.3 Å². The highest BCUT2D eigenvalue weighted by Crippen LogP contribution is 2.84. The number of carbonyl (C=O) groups excluding carboxylic acids is 1. The number of carboxylic acids is 1. The molecule has 0 radical (unpaired) electrons. The number of nitrogens with zero attached hydrogens (tertiary/aromatic N) is 1. The summed E-state index contributed by atoms with van der Waals surface area (Å²) in [6.07, 6.45) is 12.6. The van der Waals surface area contributed by atoms with E-state index in [1.54, 1.807) is 0 Å². The minimum Gasteiger partial charge on any atom is -0.481 e. The standard InChI is InChI=1S/C35H58N2O4/c1-7-10-12-30-25(21-37(9-3)16-11-15-36-8-2)17-31(41-30)34-20-27-24(6)13-14-28(27)33(22-38)19-26(34)18-29(23(4)5)35(33,34)32(39)40/h18,22-28,30-31,36H,7-17,19-21H2,1-6H3,(H,39,40)/t24-,25?,26?,27-,28-,30?,31?,33?,34?,35?/m1/s1. The number of allylic oxidation sites excluding steroid dienone is 1. The lowest BCUT2D eigenvalue weighted by Crippen LogP contribution is -2.65. The Kier molecular flexibility index (Phi) is 9.16. The Labute approximate surface area is 249 Å². The Hall–Kier alpha value is -1.24. The summed E-state index contributed by atoms with van der Waals surface area (Å²) < 4.78 is 7.23. The molecule has 3 saturated carbocycles. The zero-order valence-electron chi connectivity index (χ0n) is 26.8. The van der Waals surface area contributed by atoms with Crippen LogP contribution in [-0.4, -0.2) is 67.2 Å². The number of nitrogens with one attached hydrogen (secondary N) is 1. The van der Waals surface area contributed by atoms with E-state index in [9.17, 15) is 14.7 Å². The highest BCUT2D eigenvalue weighted by molar-refractivity contribution is 5.90. The molecule has 0 spiro atoms. The van der Waals surface area contributed by atoms with Crippen molar-refractivity contribution in [1.29, 1.82) is 0 Å². The molecule has 5 aliphatic rings. The summed E-state index contributed by atoms with van der Waals surface area (Å²) in [7, 11) is 0. The number of rotatable bonds is 15. The molecule has 4 bridgehead atoms. The Balaban J connectivity index is 1.53. The van der Waals surface area contributed by atoms with E-state index in [0.29, 0.717) is 24.2 Å². The molecule has 4 fully saturated rings. The normalized spacial score (nSPS) is 42.7. The van der Waals surface area contributed by atoms with Crippen LogP contribution < -0.4 is 5.32 Å². The molecule has 6 nitrogen and oxygen atoms in total. The van der Waals surface area contributed by atoms with Gasteiger partial charge in [0.1, 0.15) is 11.7 Å². The molecule has 5 rings (SSSR count). The molecule has 4 aliphatic carbocycles. The third-order valence-electron chi connectivity index (χ3n) is 12.8. The highest BCUT2D eigenvalue weighted by atomic mass is 16.5. The summed E-state index contributed by atoms with van der Waals surface area (Å²) >= 11 is 0. The van der Waals surface area contributed by atoms with Crippen LogP contribution in [0.4, 0.5) is 0 Å². The number of carbonyl (C=O) groups is 2. The van der Waals surface area contributed by atoms with Crippen LogP contribution in [0.1, 0.15) is 99.3 Å². The van der Waals surface area contributed by atoms with Gasteiger partial charge < -0.3 is 24.9 Å². The Morgan fingerprint density at radius 1 is 1.22 bits per heavy atom. The molecule has 1 saturated heterocycles. The summed E-state index contributed by atoms with van der Waals surface area (Å²) in [5.74, 6) is 0.976. The lowest BCUT2D eigenvalue weighted by Gasteiger charge is -2.60. The first kappa shape index (κ1) is 31.2. The number of carboxylic acid groups (broad SMARTS) is 1. The molecular weight excluding hydrogens is 512 g/mol. The molecule has 41 heavy (non-hydrogen) atoms. The van der Waals surface area contributed by atoms with Crippen LogP contribution in [0.3, 0.4) is 0 Å². The third-order valence-corrected chi connectivity index (χ3v) is 12.8. The molecular formula is C35H58N2O4. The van der Waals surface area contributed by atoms with Gasteiger partial charge in [-0.25, -0.2) is 0 Å². The lowest BCUT2D eigenvalue weighted by atomic mass is 9.41. The van der Waals surface area contributed by atoms with E-state index in [4.69, 9.17) is 4.74 Å². The van der Waals surface area contributed by atoms with Gasteiger partial charge in [-0.3, -0.25) is 4.79 Å². The number of hydrogen-bond acceptors (Lipinski definition) is 5. The van der Waals surface area contributed by atoms with Crippen molar-refractivity contribution in [3.8, 4) is 0 Å². The molecule has 0 amide bonds. The first-order chi connectivity index (χ1) is 19.7. The van der Waals surface area contributed by atoms with E-state index in [1.165, 1.54) is 0 Å². The van der Waals surface area contributed by atoms with Crippen molar-refractivity contribution >= 4 is 12.3 Å². The number of fused-ring (bicyclic) bond motifs is 2. The second-order valence-corrected chi connectivity index (χ2v) is 14.8. The van der Waals surface area contributed by atoms with Crippen molar-refractivity contribution < 1.29 is 19.4 Å². The topological polar surface area (TPSA) is 78.9 Å². The van der Waals surface area contributed by atoms with Crippen molar-refractivity contribution in [1.82, 2.24) is 10.2 Å². The van der Waals surface area contributed by atoms with E-state index < -0.39 is 22.2 Å². The number of unbranched alkanes of at least 4 members (excludes halogenated alkanes) is 1. The van der Waals surface area contributed by atoms with Crippen LogP contribution in [0, 0.1) is 51.8 Å². The van der Waals surface area contributed by atoms with Gasteiger partial charge in [0.2, 0.25) is 0 Å². The maximum Gasteiger partial charge on any atom is 0.315 e. The van der Waals surface area contributed by atoms with Gasteiger partial charge in [0.05, 0.1) is 17.6 Å². The predicted octanol–water partition coefficient (Wildman–Crippen LogP) is 6.20. The van der Waals surface area contributed by atoms with Crippen LogP contribution in [0.15, 0.2) is 11.6 Å². The van der Waals surface area contributed by atoms with Gasteiger partial charge in [-0.15, -0.1) is 0 Å². The second kappa shape index (κ2) is 12.0. The quantitative estimate of drug-likeness (QED) is 0.139. The zero-order valence-corrected chi connectivity index (χ0v) is 26.8. The maximum absolute atomic E-state index is 14.0. The largest absolute Gasteiger partial charge is 0.481 e. The lowest BCUT2D eigenvalue weighted by molar-refractivity contribution is -0.197. The van der Waals surface area contributed by atoms with Gasteiger partial charge >= 0.3 is 5.97 Å². The first-order valence-corrected chi connectivity index (χ1v) is 17.2. The van der Waals surface area contributed by atoms with E-state index >= 15 is 0 Å². The fourth-order valence-electron chi connectivity index (χ4n) is 11.2. The monoisotopic (exact) mass is 570 g/mol. The van der Waals surface area contributed by atoms with Crippen LogP contribution >= 0.6 is 0 Å². The molecule has 2 N–H and O–H groups in total. The van der Waals surface area contributed by atoms with E-state index in [1.807, 2.05) is 0 Å². The minimum atomic E-state index is -1.14. The summed E-state index contributed by atoms with van der Waals surface area (Å²) in [6, 6.07) is 0. The number of aldehydes is 1. The van der Waals surface area contributed by atoms with Gasteiger partial charge in [0, 0.05) is 17.9 Å². The number of hydrogen-bond donors (Lipinski definition) is 2. The summed E-state index contributed by atoms with van der Waals surface area (Å²) in [5.41, 5.74) is -1.45. The third kappa shape index (κ3) is 4.43. The van der Waals surface area contributed by atoms with Gasteiger partial charge in [-0.1, -0.05) is 72.5 Å². The smallest absolute Gasteiger partial charge is 0.315 e. The molecule has 0 aromatic rings. The van der Waals surface area contributed by atoms with Gasteiger partial charge in [0.25, 0.3) is 0 Å². The van der Waals surface area contributed by atoms with Crippen molar-refractivity contribution in [2.24, 2.45) is 51.8 Å². The molecule has 7 unspecified atom stereocenters. The van der Waals surface area contributed by atoms with Crippen molar-refractivity contribution in [2.75, 3.05) is 32.7 Å². The predicted molar refractivity (Wildman–Crippen MR) is 164 cm³/mol. The van der Waals surface area contributed by atoms with Crippen LogP contribution in [0.5, 0.6) is 0 Å². The minimum absolute atomic E-state index is 0.103. The fourth-order valence-corrected chi connectivity index (χ4v) is 11.2. The Morgan fingerprint density at radius 2 is 2.00 bits per heavy atom. The molecule has 6 heteroatoms. The second-order valence-electron chi connectivity index (χ2n) is 14.8. The maximum atomic E-state index is 14.0. The van der Waals surface area contributed by atoms with E-state index in [2.05, 4.69) is 57.8 Å². The summed E-state index contributed by atoms with van der Waals surface area (Å²) in [5, 5.41) is 14.9. The van der Waals surface area contributed by atoms with Crippen molar-refractivity contribution in [2.45, 2.75) is 112 Å². The van der Waals surface area contributed by atoms with Crippen molar-refractivity contribution in [3.05, 3.63) is 11.6 Å². The van der Waals surface area contributed by atoms with Gasteiger partial charge in [-0.2, -0.15) is 0 Å². The zero-order chi connectivity index (χ0) is 29.6. The summed E-state index contributed by atoms with van der Waals surface area (Å²) in [4.78, 5) is 30.0. The van der Waals surface area contributed by atoms with Crippen LogP contribution in [0.2, 0.25) is 0 Å². The van der Waals surface area contributed by atoms with E-state index in [-0.39, 0.29) is 30.0 Å². The Bertz CT molecular complexity index is 997. The van der Waals surface area contributed by atoms with Crippen LogP contribution in [0.25, 0.3) is 0 Å². The SMILES string of the molecule is CCCCC1OC(C23C[C@@H]4[C@H](C)CC[C@H]4C4(C=O)CC2C=C(C(C)C)C34C(=O)O)CC1CN(CC)CCCNCC. The molecule has 1 heterocycles. The average molecular weight is 571 g/mol. The van der Waals surface area contributed by atoms with Gasteiger partial charge in [-0.05, 0) is 94.3 Å². The van der Waals surface area contributed by atoms with Gasteiger partial charge in [0.15, 0.2) is 0 Å². The summed E-state index contributed by atoms with van der Waals surface area (Å²) in [6.45, 7) is 18.5. The molecule has 0 aromatic heterocycles. The molecule has 232 valence electrons.